The van der Waals surface area contributed by atoms with Gasteiger partial charge < -0.3 is 4.90 Å². The molecule has 0 aromatic heterocycles. The van der Waals surface area contributed by atoms with E-state index in [0.717, 1.165) is 12.0 Å². The molecule has 0 heterocycles. The van der Waals surface area contributed by atoms with Crippen LogP contribution in [0, 0.1) is 5.92 Å². The summed E-state index contributed by atoms with van der Waals surface area (Å²) in [7, 11) is 4.37. The third-order valence-corrected chi connectivity index (χ3v) is 3.67. The summed E-state index contributed by atoms with van der Waals surface area (Å²) in [6.07, 6.45) is 6.39. The van der Waals surface area contributed by atoms with Crippen LogP contribution in [0.15, 0.2) is 0 Å². The monoisotopic (exact) mass is 203 g/mol. The van der Waals surface area contributed by atoms with E-state index in [-0.39, 0.29) is 0 Å². The van der Waals surface area contributed by atoms with Gasteiger partial charge in [-0.1, -0.05) is 13.3 Å². The summed E-state index contributed by atoms with van der Waals surface area (Å²) in [6.45, 7) is 2.28. The maximum atomic E-state index is 6.20. The molecule has 78 valence electrons. The van der Waals surface area contributed by atoms with Gasteiger partial charge in [-0.2, -0.15) is 0 Å². The number of nitrogens with zero attached hydrogens (tertiary/aromatic N) is 1. The van der Waals surface area contributed by atoms with Gasteiger partial charge in [0.15, 0.2) is 0 Å². The summed E-state index contributed by atoms with van der Waals surface area (Å²) in [5.41, 5.74) is 0. The average molecular weight is 204 g/mol. The van der Waals surface area contributed by atoms with Crippen LogP contribution < -0.4 is 0 Å². The lowest BCUT2D eigenvalue weighted by Crippen LogP contribution is -2.37. The molecule has 0 N–H and O–H groups in total. The number of halogens is 1. The van der Waals surface area contributed by atoms with Crippen LogP contribution in [0.5, 0.6) is 0 Å². The standard InChI is InChI=1S/C11H22ClN/c1-4-11(13(2)3)9-6-5-7-10(12)8-9/h9-11H,4-8H2,1-3H3. The first-order valence-electron chi connectivity index (χ1n) is 5.45. The predicted octanol–water partition coefficient (Wildman–Crippen LogP) is 3.12. The maximum absolute atomic E-state index is 6.20. The van der Waals surface area contributed by atoms with Gasteiger partial charge in [0.25, 0.3) is 0 Å². The van der Waals surface area contributed by atoms with E-state index in [9.17, 15) is 0 Å². The molecule has 0 aromatic carbocycles. The van der Waals surface area contributed by atoms with Crippen molar-refractivity contribution in [2.75, 3.05) is 14.1 Å². The maximum Gasteiger partial charge on any atom is 0.0339 e. The molecular formula is C11H22ClN. The Balaban J connectivity index is 2.47. The van der Waals surface area contributed by atoms with E-state index >= 15 is 0 Å². The van der Waals surface area contributed by atoms with E-state index in [0.29, 0.717) is 5.38 Å². The molecular weight excluding hydrogens is 182 g/mol. The molecule has 0 aliphatic heterocycles. The van der Waals surface area contributed by atoms with E-state index in [1.54, 1.807) is 0 Å². The molecule has 3 unspecified atom stereocenters. The fourth-order valence-electron chi connectivity index (χ4n) is 2.64. The molecule has 1 aliphatic carbocycles. The number of alkyl halides is 1. The van der Waals surface area contributed by atoms with Gasteiger partial charge >= 0.3 is 0 Å². The first-order chi connectivity index (χ1) is 6.15. The molecule has 1 nitrogen and oxygen atoms in total. The second-order valence-electron chi connectivity index (χ2n) is 4.46. The Morgan fingerprint density at radius 3 is 2.54 bits per heavy atom. The fraction of sp³-hybridized carbons (Fsp3) is 1.00. The van der Waals surface area contributed by atoms with Crippen molar-refractivity contribution < 1.29 is 0 Å². The zero-order chi connectivity index (χ0) is 9.84. The van der Waals surface area contributed by atoms with Gasteiger partial charge in [0.2, 0.25) is 0 Å². The summed E-state index contributed by atoms with van der Waals surface area (Å²) in [5, 5.41) is 0.438. The van der Waals surface area contributed by atoms with Crippen LogP contribution >= 0.6 is 11.6 Å². The average Bonchev–Trinajstić information content (AvgIpc) is 2.04. The largest absolute Gasteiger partial charge is 0.306 e. The minimum absolute atomic E-state index is 0.438. The van der Waals surface area contributed by atoms with Crippen LogP contribution in [0.2, 0.25) is 0 Å². The van der Waals surface area contributed by atoms with Crippen LogP contribution in [0.4, 0.5) is 0 Å². The first-order valence-corrected chi connectivity index (χ1v) is 5.89. The fourth-order valence-corrected chi connectivity index (χ4v) is 3.02. The van der Waals surface area contributed by atoms with Crippen LogP contribution in [0.3, 0.4) is 0 Å². The second kappa shape index (κ2) is 5.21. The minimum atomic E-state index is 0.438. The van der Waals surface area contributed by atoms with Crippen molar-refractivity contribution in [3.05, 3.63) is 0 Å². The van der Waals surface area contributed by atoms with Crippen LogP contribution in [0.1, 0.15) is 39.0 Å². The molecule has 0 spiro atoms. The normalized spacial score (nSPS) is 32.1. The van der Waals surface area contributed by atoms with E-state index in [1.807, 2.05) is 0 Å². The lowest BCUT2D eigenvalue weighted by atomic mass is 9.82. The van der Waals surface area contributed by atoms with Gasteiger partial charge in [-0.15, -0.1) is 11.6 Å². The van der Waals surface area contributed by atoms with Crippen molar-refractivity contribution >= 4 is 11.6 Å². The zero-order valence-electron chi connectivity index (χ0n) is 9.09. The van der Waals surface area contributed by atoms with Gasteiger partial charge in [-0.3, -0.25) is 0 Å². The van der Waals surface area contributed by atoms with E-state index in [2.05, 4.69) is 25.9 Å². The molecule has 1 aliphatic rings. The van der Waals surface area contributed by atoms with Gasteiger partial charge in [0.05, 0.1) is 0 Å². The third-order valence-electron chi connectivity index (χ3n) is 3.28. The Bertz CT molecular complexity index is 147. The van der Waals surface area contributed by atoms with E-state index in [1.165, 1.54) is 32.1 Å². The Labute approximate surface area is 87.4 Å². The predicted molar refractivity (Wildman–Crippen MR) is 59.4 cm³/mol. The molecule has 0 radical (unpaired) electrons. The molecule has 2 heteroatoms. The highest BCUT2D eigenvalue weighted by Crippen LogP contribution is 2.32. The molecule has 1 rings (SSSR count). The van der Waals surface area contributed by atoms with Gasteiger partial charge in [-0.25, -0.2) is 0 Å². The Morgan fingerprint density at radius 2 is 2.08 bits per heavy atom. The van der Waals surface area contributed by atoms with Gasteiger partial charge in [0.1, 0.15) is 0 Å². The zero-order valence-corrected chi connectivity index (χ0v) is 9.85. The summed E-state index contributed by atoms with van der Waals surface area (Å²) in [4.78, 5) is 2.36. The molecule has 0 aromatic rings. The van der Waals surface area contributed by atoms with Crippen molar-refractivity contribution in [2.45, 2.75) is 50.4 Å². The topological polar surface area (TPSA) is 3.24 Å². The van der Waals surface area contributed by atoms with Crippen molar-refractivity contribution in [1.82, 2.24) is 4.90 Å². The Kier molecular flexibility index (Phi) is 4.54. The summed E-state index contributed by atoms with van der Waals surface area (Å²) >= 11 is 6.20. The smallest absolute Gasteiger partial charge is 0.0339 e. The summed E-state index contributed by atoms with van der Waals surface area (Å²) in [5.74, 6) is 0.830. The molecule has 0 saturated heterocycles. The van der Waals surface area contributed by atoms with Gasteiger partial charge in [0, 0.05) is 11.4 Å². The van der Waals surface area contributed by atoms with Crippen molar-refractivity contribution in [2.24, 2.45) is 5.92 Å². The highest BCUT2D eigenvalue weighted by molar-refractivity contribution is 6.20. The third kappa shape index (κ3) is 3.14. The SMILES string of the molecule is CCC(C1CCCC(Cl)C1)N(C)C. The van der Waals surface area contributed by atoms with E-state index < -0.39 is 0 Å². The Morgan fingerprint density at radius 1 is 1.38 bits per heavy atom. The van der Waals surface area contributed by atoms with Gasteiger partial charge in [-0.05, 0) is 45.7 Å². The molecule has 0 amide bonds. The van der Waals surface area contributed by atoms with Crippen molar-refractivity contribution in [1.29, 1.82) is 0 Å². The van der Waals surface area contributed by atoms with Crippen molar-refractivity contribution in [3.63, 3.8) is 0 Å². The minimum Gasteiger partial charge on any atom is -0.306 e. The number of hydrogen-bond donors (Lipinski definition) is 0. The number of rotatable bonds is 3. The lowest BCUT2D eigenvalue weighted by Gasteiger charge is -2.35. The van der Waals surface area contributed by atoms with Crippen LogP contribution in [-0.4, -0.2) is 30.4 Å². The Hall–Kier alpha value is 0.250. The highest BCUT2D eigenvalue weighted by Gasteiger charge is 2.27. The van der Waals surface area contributed by atoms with Crippen LogP contribution in [-0.2, 0) is 0 Å². The van der Waals surface area contributed by atoms with Crippen LogP contribution in [0.25, 0.3) is 0 Å². The summed E-state index contributed by atoms with van der Waals surface area (Å²) in [6, 6.07) is 0.738. The molecule has 0 bridgehead atoms. The quantitative estimate of drug-likeness (QED) is 0.638. The van der Waals surface area contributed by atoms with E-state index in [4.69, 9.17) is 11.6 Å². The molecule has 3 atom stereocenters. The molecule has 13 heavy (non-hydrogen) atoms. The summed E-state index contributed by atoms with van der Waals surface area (Å²) < 4.78 is 0. The molecule has 1 fully saturated rings. The van der Waals surface area contributed by atoms with Crippen molar-refractivity contribution in [3.8, 4) is 0 Å². The lowest BCUT2D eigenvalue weighted by molar-refractivity contribution is 0.167. The molecule has 1 saturated carbocycles. The number of hydrogen-bond acceptors (Lipinski definition) is 1. The second-order valence-corrected chi connectivity index (χ2v) is 5.08. The highest BCUT2D eigenvalue weighted by atomic mass is 35.5. The first kappa shape index (κ1) is 11.3.